The lowest BCUT2D eigenvalue weighted by atomic mass is 10.2. The van der Waals surface area contributed by atoms with Gasteiger partial charge in [-0.2, -0.15) is 0 Å². The molecule has 2 aromatic rings. The van der Waals surface area contributed by atoms with Crippen LogP contribution >= 0.6 is 23.1 Å². The number of aromatic nitrogens is 1. The van der Waals surface area contributed by atoms with E-state index in [0.717, 1.165) is 10.8 Å². The SMILES string of the molecule is CCOC(=O)Cc1csc(SCC(=O)Nc2ccc3c(c2)OCCCO3)n1. The minimum atomic E-state index is -0.300. The summed E-state index contributed by atoms with van der Waals surface area (Å²) in [5.41, 5.74) is 1.32. The number of hydrogen-bond donors (Lipinski definition) is 1. The molecule has 0 saturated heterocycles. The number of rotatable bonds is 7. The van der Waals surface area contributed by atoms with Crippen molar-refractivity contribution in [2.45, 2.75) is 24.1 Å². The van der Waals surface area contributed by atoms with Crippen molar-refractivity contribution in [3.63, 3.8) is 0 Å². The highest BCUT2D eigenvalue weighted by Crippen LogP contribution is 2.32. The number of benzene rings is 1. The zero-order chi connectivity index (χ0) is 19.1. The lowest BCUT2D eigenvalue weighted by molar-refractivity contribution is -0.142. The van der Waals surface area contributed by atoms with Gasteiger partial charge in [-0.05, 0) is 19.1 Å². The van der Waals surface area contributed by atoms with Crippen LogP contribution in [0.2, 0.25) is 0 Å². The van der Waals surface area contributed by atoms with Crippen LogP contribution in [0.1, 0.15) is 19.0 Å². The minimum Gasteiger partial charge on any atom is -0.490 e. The van der Waals surface area contributed by atoms with E-state index in [1.54, 1.807) is 30.5 Å². The number of carbonyl (C=O) groups excluding carboxylic acids is 2. The van der Waals surface area contributed by atoms with Crippen LogP contribution in [0.15, 0.2) is 27.9 Å². The van der Waals surface area contributed by atoms with Crippen LogP contribution in [0.3, 0.4) is 0 Å². The van der Waals surface area contributed by atoms with E-state index in [4.69, 9.17) is 14.2 Å². The highest BCUT2D eigenvalue weighted by atomic mass is 32.2. The first-order valence-electron chi connectivity index (χ1n) is 8.56. The number of hydrogen-bond acceptors (Lipinski definition) is 8. The van der Waals surface area contributed by atoms with Gasteiger partial charge in [0.2, 0.25) is 5.91 Å². The monoisotopic (exact) mass is 408 g/mol. The second-order valence-corrected chi connectivity index (χ2v) is 7.72. The zero-order valence-corrected chi connectivity index (χ0v) is 16.5. The molecule has 1 aliphatic rings. The van der Waals surface area contributed by atoms with Crippen LogP contribution in [0, 0.1) is 0 Å². The number of fused-ring (bicyclic) bond motifs is 1. The molecule has 0 unspecified atom stereocenters. The number of ether oxygens (including phenoxy) is 3. The van der Waals surface area contributed by atoms with Gasteiger partial charge in [-0.25, -0.2) is 4.98 Å². The van der Waals surface area contributed by atoms with E-state index in [9.17, 15) is 9.59 Å². The first-order valence-corrected chi connectivity index (χ1v) is 10.4. The number of nitrogens with zero attached hydrogens (tertiary/aromatic N) is 1. The Balaban J connectivity index is 1.49. The summed E-state index contributed by atoms with van der Waals surface area (Å²) in [7, 11) is 0. The fourth-order valence-corrected chi connectivity index (χ4v) is 4.01. The van der Waals surface area contributed by atoms with Gasteiger partial charge in [-0.1, -0.05) is 11.8 Å². The summed E-state index contributed by atoms with van der Waals surface area (Å²) in [6, 6.07) is 5.35. The largest absolute Gasteiger partial charge is 0.490 e. The molecule has 0 spiro atoms. The van der Waals surface area contributed by atoms with Gasteiger partial charge >= 0.3 is 5.97 Å². The van der Waals surface area contributed by atoms with Gasteiger partial charge in [-0.3, -0.25) is 9.59 Å². The van der Waals surface area contributed by atoms with Gasteiger partial charge in [-0.15, -0.1) is 11.3 Å². The van der Waals surface area contributed by atoms with Crippen molar-refractivity contribution in [1.82, 2.24) is 4.98 Å². The molecule has 0 bridgehead atoms. The third-order valence-corrected chi connectivity index (χ3v) is 5.59. The van der Waals surface area contributed by atoms with E-state index < -0.39 is 0 Å². The number of anilines is 1. The number of esters is 1. The van der Waals surface area contributed by atoms with Gasteiger partial charge < -0.3 is 19.5 Å². The number of thiazole rings is 1. The number of carbonyl (C=O) groups is 2. The lowest BCUT2D eigenvalue weighted by Gasteiger charge is -2.10. The Hall–Kier alpha value is -2.26. The van der Waals surface area contributed by atoms with Crippen molar-refractivity contribution in [3.8, 4) is 11.5 Å². The number of thioether (sulfide) groups is 1. The molecular weight excluding hydrogens is 388 g/mol. The number of nitrogens with one attached hydrogen (secondary N) is 1. The maximum atomic E-state index is 12.2. The van der Waals surface area contributed by atoms with Crippen LogP contribution < -0.4 is 14.8 Å². The highest BCUT2D eigenvalue weighted by Gasteiger charge is 2.13. The molecule has 0 radical (unpaired) electrons. The Morgan fingerprint density at radius 3 is 2.93 bits per heavy atom. The molecule has 1 aromatic heterocycles. The summed E-state index contributed by atoms with van der Waals surface area (Å²) in [4.78, 5) is 28.0. The molecule has 0 saturated carbocycles. The Morgan fingerprint density at radius 1 is 1.30 bits per heavy atom. The first-order chi connectivity index (χ1) is 13.1. The molecule has 1 amide bonds. The summed E-state index contributed by atoms with van der Waals surface area (Å²) < 4.78 is 16.8. The normalized spacial score (nSPS) is 12.9. The summed E-state index contributed by atoms with van der Waals surface area (Å²) in [6.07, 6.45) is 0.979. The van der Waals surface area contributed by atoms with Gasteiger partial charge in [0.1, 0.15) is 0 Å². The van der Waals surface area contributed by atoms with E-state index in [2.05, 4.69) is 10.3 Å². The van der Waals surface area contributed by atoms with E-state index in [0.29, 0.717) is 42.7 Å². The molecule has 7 nitrogen and oxygen atoms in total. The molecule has 9 heteroatoms. The molecule has 144 valence electrons. The Labute approximate surface area is 165 Å². The summed E-state index contributed by atoms with van der Waals surface area (Å²) in [6.45, 7) is 3.34. The van der Waals surface area contributed by atoms with Crippen LogP contribution in [0.5, 0.6) is 11.5 Å². The summed E-state index contributed by atoms with van der Waals surface area (Å²) in [5, 5.41) is 4.65. The first kappa shape index (κ1) is 19.5. The molecule has 27 heavy (non-hydrogen) atoms. The topological polar surface area (TPSA) is 86.8 Å². The molecule has 2 heterocycles. The quantitative estimate of drug-likeness (QED) is 0.556. The maximum Gasteiger partial charge on any atom is 0.311 e. The van der Waals surface area contributed by atoms with Crippen molar-refractivity contribution >= 4 is 40.7 Å². The van der Waals surface area contributed by atoms with Crippen molar-refractivity contribution in [1.29, 1.82) is 0 Å². The van der Waals surface area contributed by atoms with E-state index >= 15 is 0 Å². The summed E-state index contributed by atoms with van der Waals surface area (Å²) >= 11 is 2.73. The molecule has 0 fully saturated rings. The Morgan fingerprint density at radius 2 is 2.11 bits per heavy atom. The second-order valence-electron chi connectivity index (χ2n) is 5.64. The van der Waals surface area contributed by atoms with E-state index in [-0.39, 0.29) is 24.1 Å². The van der Waals surface area contributed by atoms with Gasteiger partial charge in [0.25, 0.3) is 0 Å². The fourth-order valence-electron chi connectivity index (χ4n) is 2.36. The molecule has 3 rings (SSSR count). The molecule has 0 atom stereocenters. The van der Waals surface area contributed by atoms with Gasteiger partial charge in [0.05, 0.1) is 37.7 Å². The molecular formula is C18H20N2O5S2. The molecule has 1 aromatic carbocycles. The Bertz CT molecular complexity index is 809. The lowest BCUT2D eigenvalue weighted by Crippen LogP contribution is -2.14. The van der Waals surface area contributed by atoms with Gasteiger partial charge in [0.15, 0.2) is 15.8 Å². The van der Waals surface area contributed by atoms with Crippen molar-refractivity contribution in [3.05, 3.63) is 29.3 Å². The smallest absolute Gasteiger partial charge is 0.311 e. The van der Waals surface area contributed by atoms with Crippen LogP contribution in [-0.4, -0.2) is 42.4 Å². The van der Waals surface area contributed by atoms with Crippen LogP contribution in [-0.2, 0) is 20.7 Å². The van der Waals surface area contributed by atoms with E-state index in [1.165, 1.54) is 23.1 Å². The molecule has 1 aliphatic heterocycles. The minimum absolute atomic E-state index is 0.142. The average molecular weight is 409 g/mol. The summed E-state index contributed by atoms with van der Waals surface area (Å²) in [5.74, 6) is 1.11. The van der Waals surface area contributed by atoms with Crippen LogP contribution in [0.4, 0.5) is 5.69 Å². The maximum absolute atomic E-state index is 12.2. The zero-order valence-electron chi connectivity index (χ0n) is 14.9. The Kier molecular flexibility index (Phi) is 6.94. The third-order valence-electron chi connectivity index (χ3n) is 3.52. The van der Waals surface area contributed by atoms with E-state index in [1.807, 2.05) is 0 Å². The molecule has 1 N–H and O–H groups in total. The molecule has 0 aliphatic carbocycles. The van der Waals surface area contributed by atoms with Crippen LogP contribution in [0.25, 0.3) is 0 Å². The van der Waals surface area contributed by atoms with Crippen molar-refractivity contribution in [2.24, 2.45) is 0 Å². The highest BCUT2D eigenvalue weighted by molar-refractivity contribution is 8.01. The standard InChI is InChI=1S/C18H20N2O5S2/c1-2-23-17(22)9-13-10-26-18(20-13)27-11-16(21)19-12-4-5-14-15(8-12)25-7-3-6-24-14/h4-5,8,10H,2-3,6-7,9,11H2,1H3,(H,19,21). The van der Waals surface area contributed by atoms with Crippen molar-refractivity contribution < 1.29 is 23.8 Å². The second kappa shape index (κ2) is 9.61. The van der Waals surface area contributed by atoms with Gasteiger partial charge in [0, 0.05) is 23.6 Å². The third kappa shape index (κ3) is 5.86. The predicted molar refractivity (Wildman–Crippen MR) is 104 cm³/mol. The number of amides is 1. The van der Waals surface area contributed by atoms with Crippen molar-refractivity contribution in [2.75, 3.05) is 30.9 Å². The fraction of sp³-hybridized carbons (Fsp3) is 0.389. The average Bonchev–Trinajstić information content (AvgIpc) is 2.95. The predicted octanol–water partition coefficient (Wildman–Crippen LogP) is 3.14.